The van der Waals surface area contributed by atoms with Gasteiger partial charge in [0.1, 0.15) is 24.6 Å². The molecule has 1 aromatic heterocycles. The topological polar surface area (TPSA) is 98.7 Å². The van der Waals surface area contributed by atoms with Gasteiger partial charge in [-0.15, -0.1) is 0 Å². The fourth-order valence-electron chi connectivity index (χ4n) is 2.65. The highest BCUT2D eigenvalue weighted by molar-refractivity contribution is 6.08. The van der Waals surface area contributed by atoms with Crippen molar-refractivity contribution < 1.29 is 23.9 Å². The summed E-state index contributed by atoms with van der Waals surface area (Å²) in [4.78, 5) is 36.6. The number of hydrogen-bond donors (Lipinski definition) is 2. The number of methoxy groups -OCH3 is 1. The molecular weight excluding hydrogens is 386 g/mol. The fourth-order valence-corrected chi connectivity index (χ4v) is 2.65. The lowest BCUT2D eigenvalue weighted by atomic mass is 10.1. The fraction of sp³-hybridized carbons (Fsp3) is 0.136. The first kappa shape index (κ1) is 20.7. The van der Waals surface area contributed by atoms with Gasteiger partial charge in [0.25, 0.3) is 5.91 Å². The third-order valence-corrected chi connectivity index (χ3v) is 4.18. The number of rotatable bonds is 8. The number of benzene rings is 2. The van der Waals surface area contributed by atoms with Crippen LogP contribution in [0.15, 0.2) is 72.9 Å². The molecule has 1 heterocycles. The van der Waals surface area contributed by atoms with E-state index in [0.717, 1.165) is 5.56 Å². The molecule has 3 aromatic rings. The standard InChI is InChI=1S/C22H21N3O5/c1-29-18-11-9-17(10-12-18)21(27)19-8-5-13-25(19)24-20(26)14-23-22(28)30-15-16-6-3-2-4-7-16/h2-13H,14-15H2,1H3,(H,23,28)(H,24,26). The zero-order valence-electron chi connectivity index (χ0n) is 16.3. The molecule has 0 unspecified atom stereocenters. The normalized spacial score (nSPS) is 10.2. The quantitative estimate of drug-likeness (QED) is 0.560. The Balaban J connectivity index is 1.51. The first-order valence-corrected chi connectivity index (χ1v) is 9.17. The van der Waals surface area contributed by atoms with Gasteiger partial charge in [0.2, 0.25) is 5.78 Å². The first-order valence-electron chi connectivity index (χ1n) is 9.17. The maximum atomic E-state index is 12.7. The molecule has 2 aromatic carbocycles. The van der Waals surface area contributed by atoms with Gasteiger partial charge in [0.05, 0.1) is 7.11 Å². The Hall–Kier alpha value is -4.07. The van der Waals surface area contributed by atoms with Crippen LogP contribution in [0.5, 0.6) is 5.75 Å². The zero-order valence-corrected chi connectivity index (χ0v) is 16.3. The summed E-state index contributed by atoms with van der Waals surface area (Å²) in [5.74, 6) is -0.134. The van der Waals surface area contributed by atoms with Crippen molar-refractivity contribution in [1.82, 2.24) is 9.99 Å². The summed E-state index contributed by atoms with van der Waals surface area (Å²) in [6.07, 6.45) is 0.832. The van der Waals surface area contributed by atoms with Crippen LogP contribution in [0.4, 0.5) is 4.79 Å². The molecule has 2 amide bonds. The van der Waals surface area contributed by atoms with Crippen molar-refractivity contribution in [2.45, 2.75) is 6.61 Å². The third-order valence-electron chi connectivity index (χ3n) is 4.18. The number of nitrogens with zero attached hydrogens (tertiary/aromatic N) is 1. The van der Waals surface area contributed by atoms with E-state index in [4.69, 9.17) is 9.47 Å². The van der Waals surface area contributed by atoms with Gasteiger partial charge >= 0.3 is 6.09 Å². The number of ether oxygens (including phenoxy) is 2. The Labute approximate surface area is 173 Å². The van der Waals surface area contributed by atoms with Crippen LogP contribution < -0.4 is 15.5 Å². The van der Waals surface area contributed by atoms with E-state index in [9.17, 15) is 14.4 Å². The summed E-state index contributed by atoms with van der Waals surface area (Å²) >= 11 is 0. The van der Waals surface area contributed by atoms with Crippen LogP contribution in [-0.2, 0) is 16.1 Å². The van der Waals surface area contributed by atoms with E-state index in [1.807, 2.05) is 30.3 Å². The van der Waals surface area contributed by atoms with Crippen LogP contribution in [0.1, 0.15) is 21.6 Å². The molecule has 0 saturated carbocycles. The second-order valence-electron chi connectivity index (χ2n) is 6.27. The molecule has 0 aliphatic carbocycles. The maximum Gasteiger partial charge on any atom is 0.407 e. The molecule has 30 heavy (non-hydrogen) atoms. The Morgan fingerprint density at radius 3 is 2.37 bits per heavy atom. The van der Waals surface area contributed by atoms with E-state index < -0.39 is 12.0 Å². The average Bonchev–Trinajstić information content (AvgIpc) is 3.24. The van der Waals surface area contributed by atoms with Gasteiger partial charge in [0.15, 0.2) is 0 Å². The number of alkyl carbamates (subject to hydrolysis) is 1. The third kappa shape index (κ3) is 5.48. The molecule has 0 spiro atoms. The van der Waals surface area contributed by atoms with Crippen LogP contribution in [0.3, 0.4) is 0 Å². The molecule has 0 saturated heterocycles. The van der Waals surface area contributed by atoms with Gasteiger partial charge in [-0.2, -0.15) is 0 Å². The van der Waals surface area contributed by atoms with E-state index in [1.54, 1.807) is 49.7 Å². The van der Waals surface area contributed by atoms with Crippen molar-refractivity contribution in [3.8, 4) is 5.75 Å². The smallest absolute Gasteiger partial charge is 0.407 e. The van der Waals surface area contributed by atoms with E-state index >= 15 is 0 Å². The highest BCUT2D eigenvalue weighted by atomic mass is 16.5. The number of carbonyl (C=O) groups excluding carboxylic acids is 3. The van der Waals surface area contributed by atoms with Gasteiger partial charge in [-0.3, -0.25) is 19.7 Å². The van der Waals surface area contributed by atoms with Crippen molar-refractivity contribution in [1.29, 1.82) is 0 Å². The van der Waals surface area contributed by atoms with Gasteiger partial charge in [-0.1, -0.05) is 30.3 Å². The summed E-state index contributed by atoms with van der Waals surface area (Å²) in [6, 6.07) is 19.1. The molecule has 8 nitrogen and oxygen atoms in total. The summed E-state index contributed by atoms with van der Waals surface area (Å²) < 4.78 is 11.4. The molecule has 3 rings (SSSR count). The number of amides is 2. The summed E-state index contributed by atoms with van der Waals surface area (Å²) in [6.45, 7) is -0.200. The maximum absolute atomic E-state index is 12.7. The summed E-state index contributed by atoms with van der Waals surface area (Å²) in [5.41, 5.74) is 4.12. The predicted molar refractivity (Wildman–Crippen MR) is 110 cm³/mol. The highest BCUT2D eigenvalue weighted by Crippen LogP contribution is 2.15. The molecule has 0 bridgehead atoms. The van der Waals surface area contributed by atoms with Gasteiger partial charge in [-0.25, -0.2) is 4.79 Å². The minimum atomic E-state index is -0.712. The van der Waals surface area contributed by atoms with Crippen LogP contribution in [0, 0.1) is 0 Å². The molecule has 0 radical (unpaired) electrons. The number of nitrogens with one attached hydrogen (secondary N) is 2. The predicted octanol–water partition coefficient (Wildman–Crippen LogP) is 2.72. The summed E-state index contributed by atoms with van der Waals surface area (Å²) in [5, 5.41) is 2.37. The lowest BCUT2D eigenvalue weighted by molar-refractivity contribution is -0.116. The first-order chi connectivity index (χ1) is 14.6. The lowest BCUT2D eigenvalue weighted by Gasteiger charge is -2.11. The van der Waals surface area contributed by atoms with E-state index in [2.05, 4.69) is 10.7 Å². The van der Waals surface area contributed by atoms with E-state index in [-0.39, 0.29) is 24.6 Å². The Kier molecular flexibility index (Phi) is 6.83. The molecule has 2 N–H and O–H groups in total. The van der Waals surface area contributed by atoms with Gasteiger partial charge in [0, 0.05) is 11.8 Å². The summed E-state index contributed by atoms with van der Waals surface area (Å²) in [7, 11) is 1.54. The molecule has 0 fully saturated rings. The molecule has 154 valence electrons. The van der Waals surface area contributed by atoms with Crippen LogP contribution in [0.25, 0.3) is 0 Å². The van der Waals surface area contributed by atoms with Crippen LogP contribution in [-0.4, -0.2) is 36.1 Å². The SMILES string of the molecule is COc1ccc(C(=O)c2cccn2NC(=O)CNC(=O)OCc2ccccc2)cc1. The van der Waals surface area contributed by atoms with E-state index in [1.165, 1.54) is 4.68 Å². The number of aromatic nitrogens is 1. The Bertz CT molecular complexity index is 1010. The van der Waals surface area contributed by atoms with Crippen LogP contribution >= 0.6 is 0 Å². The van der Waals surface area contributed by atoms with Crippen molar-refractivity contribution in [2.75, 3.05) is 19.1 Å². The molecule has 0 aliphatic heterocycles. The number of hydrogen-bond acceptors (Lipinski definition) is 5. The highest BCUT2D eigenvalue weighted by Gasteiger charge is 2.15. The van der Waals surface area contributed by atoms with Crippen LogP contribution in [0.2, 0.25) is 0 Å². The monoisotopic (exact) mass is 407 g/mol. The second kappa shape index (κ2) is 9.92. The lowest BCUT2D eigenvalue weighted by Crippen LogP contribution is -2.36. The molecular formula is C22H21N3O5. The number of ketones is 1. The Morgan fingerprint density at radius 2 is 1.67 bits per heavy atom. The van der Waals surface area contributed by atoms with E-state index in [0.29, 0.717) is 11.3 Å². The Morgan fingerprint density at radius 1 is 0.933 bits per heavy atom. The average molecular weight is 407 g/mol. The van der Waals surface area contributed by atoms with Crippen molar-refractivity contribution in [2.24, 2.45) is 0 Å². The zero-order chi connectivity index (χ0) is 21.3. The second-order valence-corrected chi connectivity index (χ2v) is 6.27. The van der Waals surface area contributed by atoms with Crippen molar-refractivity contribution in [3.63, 3.8) is 0 Å². The molecule has 8 heteroatoms. The van der Waals surface area contributed by atoms with Crippen molar-refractivity contribution in [3.05, 3.63) is 89.7 Å². The minimum absolute atomic E-state index is 0.104. The molecule has 0 aliphatic rings. The molecule has 0 atom stereocenters. The largest absolute Gasteiger partial charge is 0.497 e. The van der Waals surface area contributed by atoms with Gasteiger partial charge < -0.3 is 14.8 Å². The van der Waals surface area contributed by atoms with Gasteiger partial charge in [-0.05, 0) is 42.0 Å². The van der Waals surface area contributed by atoms with Crippen molar-refractivity contribution >= 4 is 17.8 Å². The number of carbonyl (C=O) groups is 3. The minimum Gasteiger partial charge on any atom is -0.497 e.